The molecule has 0 aromatic heterocycles. The van der Waals surface area contributed by atoms with Crippen molar-refractivity contribution < 1.29 is 18.4 Å². The van der Waals surface area contributed by atoms with E-state index in [4.69, 9.17) is 5.21 Å². The molecule has 0 aliphatic carbocycles. The number of hydroxylamine groups is 1. The fourth-order valence-electron chi connectivity index (χ4n) is 2.35. The zero-order valence-corrected chi connectivity index (χ0v) is 13.1. The number of hydrogen-bond donors (Lipinski definition) is 3. The van der Waals surface area contributed by atoms with Crippen LogP contribution in [0, 0.1) is 5.92 Å². The number of fused-ring (bicyclic) bond motifs is 1. The highest BCUT2D eigenvalue weighted by Crippen LogP contribution is 2.22. The minimum Gasteiger partial charge on any atom is -0.289 e. The van der Waals surface area contributed by atoms with Gasteiger partial charge >= 0.3 is 0 Å². The molecule has 1 atom stereocenters. The Hall–Kier alpha value is -2.12. The van der Waals surface area contributed by atoms with Crippen molar-refractivity contribution in [2.75, 3.05) is 4.72 Å². The first-order valence-electron chi connectivity index (χ1n) is 6.79. The molecule has 0 saturated carbocycles. The van der Waals surface area contributed by atoms with Gasteiger partial charge < -0.3 is 0 Å². The van der Waals surface area contributed by atoms with Gasteiger partial charge in [0, 0.05) is 5.69 Å². The SMILES string of the molecule is CC(C)C(C(=O)NO)S(=O)(=O)Nc1ccc2ccccc2c1. The van der Waals surface area contributed by atoms with Gasteiger partial charge in [-0.15, -0.1) is 0 Å². The van der Waals surface area contributed by atoms with E-state index in [-0.39, 0.29) is 0 Å². The second-order valence-electron chi connectivity index (χ2n) is 5.35. The Morgan fingerprint density at radius 1 is 1.09 bits per heavy atom. The molecule has 0 bridgehead atoms. The minimum atomic E-state index is -3.98. The Kier molecular flexibility index (Phi) is 4.68. The molecule has 0 aliphatic rings. The summed E-state index contributed by atoms with van der Waals surface area (Å²) in [7, 11) is -3.98. The van der Waals surface area contributed by atoms with Gasteiger partial charge in [-0.25, -0.2) is 13.9 Å². The zero-order valence-electron chi connectivity index (χ0n) is 12.3. The predicted molar refractivity (Wildman–Crippen MR) is 85.0 cm³/mol. The molecular weight excluding hydrogens is 304 g/mol. The number of carbonyl (C=O) groups excluding carboxylic acids is 1. The first-order valence-corrected chi connectivity index (χ1v) is 8.34. The molecule has 6 nitrogen and oxygen atoms in total. The summed E-state index contributed by atoms with van der Waals surface area (Å²) in [6.45, 7) is 3.19. The van der Waals surface area contributed by atoms with Crippen LogP contribution in [0.4, 0.5) is 5.69 Å². The Morgan fingerprint density at radius 2 is 1.73 bits per heavy atom. The highest BCUT2D eigenvalue weighted by Gasteiger charge is 2.35. The number of rotatable bonds is 5. The highest BCUT2D eigenvalue weighted by atomic mass is 32.2. The molecule has 0 radical (unpaired) electrons. The molecule has 1 amide bonds. The molecule has 2 rings (SSSR count). The Bertz CT molecular complexity index is 787. The average Bonchev–Trinajstić information content (AvgIpc) is 2.45. The van der Waals surface area contributed by atoms with Crippen molar-refractivity contribution in [2.45, 2.75) is 19.1 Å². The molecule has 0 saturated heterocycles. The quantitative estimate of drug-likeness (QED) is 0.580. The largest absolute Gasteiger partial charge is 0.289 e. The number of amides is 1. The van der Waals surface area contributed by atoms with Gasteiger partial charge in [-0.2, -0.15) is 0 Å². The predicted octanol–water partition coefficient (Wildman–Crippen LogP) is 2.11. The van der Waals surface area contributed by atoms with Gasteiger partial charge in [0.2, 0.25) is 10.0 Å². The third-order valence-electron chi connectivity index (χ3n) is 3.32. The first kappa shape index (κ1) is 16.3. The molecule has 118 valence electrons. The second-order valence-corrected chi connectivity index (χ2v) is 7.15. The lowest BCUT2D eigenvalue weighted by molar-refractivity contribution is -0.129. The standard InChI is InChI=1S/C15H18N2O4S/c1-10(2)14(15(18)16-19)22(20,21)17-13-8-7-11-5-3-4-6-12(11)9-13/h3-10,14,17,19H,1-2H3,(H,16,18). The summed E-state index contributed by atoms with van der Waals surface area (Å²) in [5, 5.41) is 9.22. The van der Waals surface area contributed by atoms with E-state index < -0.39 is 27.1 Å². The molecule has 0 heterocycles. The molecule has 2 aromatic rings. The van der Waals surface area contributed by atoms with Gasteiger partial charge in [0.25, 0.3) is 5.91 Å². The lowest BCUT2D eigenvalue weighted by Crippen LogP contribution is -2.44. The molecule has 0 aliphatic heterocycles. The molecule has 0 spiro atoms. The maximum Gasteiger partial charge on any atom is 0.263 e. The normalized spacial score (nSPS) is 13.1. The maximum atomic E-state index is 12.4. The van der Waals surface area contributed by atoms with Crippen LogP contribution in [0.2, 0.25) is 0 Å². The summed E-state index contributed by atoms with van der Waals surface area (Å²) < 4.78 is 27.2. The summed E-state index contributed by atoms with van der Waals surface area (Å²) >= 11 is 0. The third-order valence-corrected chi connectivity index (χ3v) is 5.27. The van der Waals surface area contributed by atoms with Crippen molar-refractivity contribution in [2.24, 2.45) is 5.92 Å². The van der Waals surface area contributed by atoms with Crippen LogP contribution in [0.5, 0.6) is 0 Å². The summed E-state index contributed by atoms with van der Waals surface area (Å²) in [6, 6.07) is 12.7. The molecule has 0 fully saturated rings. The molecule has 22 heavy (non-hydrogen) atoms. The van der Waals surface area contributed by atoms with Gasteiger partial charge in [-0.3, -0.25) is 14.7 Å². The van der Waals surface area contributed by atoms with E-state index in [0.717, 1.165) is 10.8 Å². The smallest absolute Gasteiger partial charge is 0.263 e. The number of benzene rings is 2. The van der Waals surface area contributed by atoms with Crippen LogP contribution in [0.15, 0.2) is 42.5 Å². The third kappa shape index (κ3) is 3.37. The highest BCUT2D eigenvalue weighted by molar-refractivity contribution is 7.94. The summed E-state index contributed by atoms with van der Waals surface area (Å²) in [5.74, 6) is -1.45. The van der Waals surface area contributed by atoms with Crippen molar-refractivity contribution >= 4 is 32.4 Å². The number of sulfonamides is 1. The molecule has 1 unspecified atom stereocenters. The number of hydrogen-bond acceptors (Lipinski definition) is 4. The molecule has 7 heteroatoms. The van der Waals surface area contributed by atoms with Crippen molar-refractivity contribution in [1.82, 2.24) is 5.48 Å². The van der Waals surface area contributed by atoms with Crippen molar-refractivity contribution in [1.29, 1.82) is 0 Å². The fourth-order valence-corrected chi connectivity index (χ4v) is 3.98. The van der Waals surface area contributed by atoms with Crippen molar-refractivity contribution in [3.8, 4) is 0 Å². The van der Waals surface area contributed by atoms with Crippen LogP contribution in [0.3, 0.4) is 0 Å². The van der Waals surface area contributed by atoms with Gasteiger partial charge in [0.15, 0.2) is 5.25 Å². The molecule has 2 aromatic carbocycles. The lowest BCUT2D eigenvalue weighted by atomic mass is 10.1. The molecule has 3 N–H and O–H groups in total. The molecular formula is C15H18N2O4S. The first-order chi connectivity index (χ1) is 10.3. The fraction of sp³-hybridized carbons (Fsp3) is 0.267. The van der Waals surface area contributed by atoms with E-state index in [9.17, 15) is 13.2 Å². The summed E-state index contributed by atoms with van der Waals surface area (Å²) in [4.78, 5) is 11.6. The number of nitrogens with one attached hydrogen (secondary N) is 2. The van der Waals surface area contributed by atoms with Crippen LogP contribution in [0.1, 0.15) is 13.8 Å². The van der Waals surface area contributed by atoms with E-state index in [1.165, 1.54) is 5.48 Å². The van der Waals surface area contributed by atoms with Crippen LogP contribution >= 0.6 is 0 Å². The lowest BCUT2D eigenvalue weighted by Gasteiger charge is -2.20. The van der Waals surface area contributed by atoms with Gasteiger partial charge in [0.1, 0.15) is 0 Å². The van der Waals surface area contributed by atoms with Crippen LogP contribution in [0.25, 0.3) is 10.8 Å². The monoisotopic (exact) mass is 322 g/mol. The second kappa shape index (κ2) is 6.33. The topological polar surface area (TPSA) is 95.5 Å². The van der Waals surface area contributed by atoms with Crippen molar-refractivity contribution in [3.63, 3.8) is 0 Å². The number of carbonyl (C=O) groups is 1. The maximum absolute atomic E-state index is 12.4. The van der Waals surface area contributed by atoms with Gasteiger partial charge in [-0.1, -0.05) is 44.2 Å². The Balaban J connectivity index is 2.34. The van der Waals surface area contributed by atoms with Gasteiger partial charge in [-0.05, 0) is 28.8 Å². The van der Waals surface area contributed by atoms with Gasteiger partial charge in [0.05, 0.1) is 0 Å². The van der Waals surface area contributed by atoms with Crippen LogP contribution in [-0.4, -0.2) is 24.8 Å². The van der Waals surface area contributed by atoms with Crippen molar-refractivity contribution in [3.05, 3.63) is 42.5 Å². The van der Waals surface area contributed by atoms with Crippen LogP contribution in [-0.2, 0) is 14.8 Å². The summed E-state index contributed by atoms with van der Waals surface area (Å²) in [5.41, 5.74) is 1.78. The zero-order chi connectivity index (χ0) is 16.3. The summed E-state index contributed by atoms with van der Waals surface area (Å²) in [6.07, 6.45) is 0. The Morgan fingerprint density at radius 3 is 2.32 bits per heavy atom. The average molecular weight is 322 g/mol. The van der Waals surface area contributed by atoms with Crippen LogP contribution < -0.4 is 10.2 Å². The van der Waals surface area contributed by atoms with E-state index in [1.54, 1.807) is 32.0 Å². The van der Waals surface area contributed by atoms with E-state index in [1.807, 2.05) is 24.3 Å². The van der Waals surface area contributed by atoms with E-state index in [0.29, 0.717) is 5.69 Å². The van der Waals surface area contributed by atoms with E-state index in [2.05, 4.69) is 4.72 Å². The van der Waals surface area contributed by atoms with E-state index >= 15 is 0 Å². The number of anilines is 1. The minimum absolute atomic E-state index is 0.370. The Labute approximate surface area is 129 Å².